The van der Waals surface area contributed by atoms with Crippen LogP contribution >= 0.6 is 0 Å². The molecule has 0 aliphatic heterocycles. The zero-order valence-electron chi connectivity index (χ0n) is 13.0. The van der Waals surface area contributed by atoms with Crippen LogP contribution in [0.2, 0.25) is 0 Å². The van der Waals surface area contributed by atoms with E-state index in [1.165, 1.54) is 38.5 Å². The molecule has 1 N–H and O–H groups in total. The van der Waals surface area contributed by atoms with Crippen molar-refractivity contribution in [2.24, 2.45) is 0 Å². The molecule has 0 bridgehead atoms. The van der Waals surface area contributed by atoms with E-state index < -0.39 is 0 Å². The third-order valence-corrected chi connectivity index (χ3v) is 4.64. The van der Waals surface area contributed by atoms with Crippen LogP contribution in [0.4, 0.5) is 10.1 Å². The van der Waals surface area contributed by atoms with Gasteiger partial charge in [-0.15, -0.1) is 0 Å². The lowest BCUT2D eigenvalue weighted by Gasteiger charge is -2.32. The predicted octanol–water partition coefficient (Wildman–Crippen LogP) is 4.27. The van der Waals surface area contributed by atoms with Crippen molar-refractivity contribution in [3.63, 3.8) is 0 Å². The van der Waals surface area contributed by atoms with E-state index >= 15 is 0 Å². The molecule has 0 radical (unpaired) electrons. The molecule has 0 amide bonds. The highest BCUT2D eigenvalue weighted by Crippen LogP contribution is 2.32. The summed E-state index contributed by atoms with van der Waals surface area (Å²) in [6.45, 7) is 2.08. The van der Waals surface area contributed by atoms with Crippen molar-refractivity contribution in [2.45, 2.75) is 57.5 Å². The second-order valence-electron chi connectivity index (χ2n) is 5.94. The topological polar surface area (TPSA) is 15.3 Å². The van der Waals surface area contributed by atoms with Crippen LogP contribution < -0.4 is 10.2 Å². The molecule has 1 aliphatic carbocycles. The lowest BCUT2D eigenvalue weighted by molar-refractivity contribution is 0.530. The smallest absolute Gasteiger partial charge is 0.146 e. The molecule has 1 fully saturated rings. The summed E-state index contributed by atoms with van der Waals surface area (Å²) >= 11 is 0. The Kier molecular flexibility index (Phi) is 5.41. The lowest BCUT2D eigenvalue weighted by Crippen LogP contribution is -2.33. The number of para-hydroxylation sites is 1. The van der Waals surface area contributed by atoms with Gasteiger partial charge in [-0.2, -0.15) is 0 Å². The quantitative estimate of drug-likeness (QED) is 0.828. The first kappa shape index (κ1) is 15.3. The van der Waals surface area contributed by atoms with Crippen molar-refractivity contribution in [3.05, 3.63) is 29.6 Å². The van der Waals surface area contributed by atoms with Crippen LogP contribution in [0.25, 0.3) is 0 Å². The highest BCUT2D eigenvalue weighted by Gasteiger charge is 2.23. The van der Waals surface area contributed by atoms with Gasteiger partial charge in [-0.3, -0.25) is 0 Å². The highest BCUT2D eigenvalue weighted by atomic mass is 19.1. The average molecular weight is 278 g/mol. The number of hydrogen-bond acceptors (Lipinski definition) is 2. The Labute approximate surface area is 122 Å². The molecule has 1 aromatic rings. The summed E-state index contributed by atoms with van der Waals surface area (Å²) < 4.78 is 14.4. The average Bonchev–Trinajstić information content (AvgIpc) is 2.74. The van der Waals surface area contributed by atoms with Gasteiger partial charge < -0.3 is 10.2 Å². The van der Waals surface area contributed by atoms with E-state index in [0.717, 1.165) is 11.3 Å². The van der Waals surface area contributed by atoms with Gasteiger partial charge in [0, 0.05) is 19.1 Å². The van der Waals surface area contributed by atoms with Crippen molar-refractivity contribution in [1.29, 1.82) is 0 Å². The van der Waals surface area contributed by atoms with Crippen LogP contribution in [0.3, 0.4) is 0 Å². The van der Waals surface area contributed by atoms with E-state index in [0.29, 0.717) is 6.04 Å². The van der Waals surface area contributed by atoms with Crippen molar-refractivity contribution >= 4 is 5.69 Å². The minimum Gasteiger partial charge on any atom is -0.369 e. The number of nitrogens with zero attached hydrogens (tertiary/aromatic N) is 1. The first-order valence-electron chi connectivity index (χ1n) is 7.83. The maximum absolute atomic E-state index is 14.4. The van der Waals surface area contributed by atoms with Gasteiger partial charge in [-0.25, -0.2) is 4.39 Å². The number of benzene rings is 1. The Hall–Kier alpha value is -1.09. The number of anilines is 1. The Bertz CT molecular complexity index is 425. The molecular weight excluding hydrogens is 251 g/mol. The third kappa shape index (κ3) is 3.32. The van der Waals surface area contributed by atoms with Crippen LogP contribution in [-0.2, 0) is 0 Å². The minimum atomic E-state index is -0.101. The van der Waals surface area contributed by atoms with Gasteiger partial charge in [0.25, 0.3) is 0 Å². The first-order chi connectivity index (χ1) is 9.65. The molecule has 1 aromatic carbocycles. The Morgan fingerprint density at radius 1 is 1.20 bits per heavy atom. The molecule has 0 saturated heterocycles. The number of rotatable bonds is 4. The Balaban J connectivity index is 2.29. The summed E-state index contributed by atoms with van der Waals surface area (Å²) in [5.41, 5.74) is 1.83. The van der Waals surface area contributed by atoms with Crippen LogP contribution in [0.1, 0.15) is 57.1 Å². The van der Waals surface area contributed by atoms with Crippen LogP contribution in [0.15, 0.2) is 18.2 Å². The van der Waals surface area contributed by atoms with E-state index in [1.807, 2.05) is 19.2 Å². The minimum absolute atomic E-state index is 0.101. The van der Waals surface area contributed by atoms with Crippen molar-refractivity contribution in [2.75, 3.05) is 19.0 Å². The molecule has 112 valence electrons. The van der Waals surface area contributed by atoms with Crippen LogP contribution in [0, 0.1) is 5.82 Å². The van der Waals surface area contributed by atoms with Crippen molar-refractivity contribution in [1.82, 2.24) is 5.32 Å². The van der Waals surface area contributed by atoms with Gasteiger partial charge in [-0.1, -0.05) is 37.8 Å². The van der Waals surface area contributed by atoms with Gasteiger partial charge in [-0.05, 0) is 38.4 Å². The summed E-state index contributed by atoms with van der Waals surface area (Å²) in [5, 5.41) is 3.23. The Morgan fingerprint density at radius 2 is 1.85 bits per heavy atom. The first-order valence-corrected chi connectivity index (χ1v) is 7.83. The normalized spacial score (nSPS) is 18.6. The fraction of sp³-hybridized carbons (Fsp3) is 0.647. The van der Waals surface area contributed by atoms with Crippen molar-refractivity contribution < 1.29 is 4.39 Å². The largest absolute Gasteiger partial charge is 0.369 e. The third-order valence-electron chi connectivity index (χ3n) is 4.64. The molecular formula is C17H27FN2. The maximum Gasteiger partial charge on any atom is 0.146 e. The Morgan fingerprint density at radius 3 is 2.45 bits per heavy atom. The number of hydrogen-bond donors (Lipinski definition) is 1. The zero-order valence-corrected chi connectivity index (χ0v) is 13.0. The summed E-state index contributed by atoms with van der Waals surface area (Å²) in [6.07, 6.45) is 7.53. The molecule has 2 rings (SSSR count). The summed E-state index contributed by atoms with van der Waals surface area (Å²) in [7, 11) is 3.98. The van der Waals surface area contributed by atoms with Gasteiger partial charge in [0.1, 0.15) is 5.82 Å². The molecule has 20 heavy (non-hydrogen) atoms. The molecule has 0 heterocycles. The van der Waals surface area contributed by atoms with E-state index in [2.05, 4.69) is 24.2 Å². The molecule has 0 aromatic heterocycles. The summed E-state index contributed by atoms with van der Waals surface area (Å²) in [6, 6.07) is 6.05. The van der Waals surface area contributed by atoms with E-state index in [9.17, 15) is 4.39 Å². The molecule has 2 nitrogen and oxygen atoms in total. The second kappa shape index (κ2) is 7.07. The van der Waals surface area contributed by atoms with E-state index in [-0.39, 0.29) is 11.9 Å². The molecule has 3 heteroatoms. The molecule has 1 atom stereocenters. The van der Waals surface area contributed by atoms with E-state index in [1.54, 1.807) is 6.07 Å². The lowest BCUT2D eigenvalue weighted by atomic mass is 10.0. The summed E-state index contributed by atoms with van der Waals surface area (Å²) in [4.78, 5) is 2.18. The van der Waals surface area contributed by atoms with Gasteiger partial charge >= 0.3 is 0 Å². The SMILES string of the molecule is CNC(C)c1cccc(F)c1N(C)C1CCCCCC1. The standard InChI is InChI=1S/C17H27FN2/c1-13(19-2)15-11-8-12-16(18)17(15)20(3)14-9-6-4-5-7-10-14/h8,11-14,19H,4-7,9-10H2,1-3H3. The van der Waals surface area contributed by atoms with Gasteiger partial charge in [0.15, 0.2) is 0 Å². The highest BCUT2D eigenvalue weighted by molar-refractivity contribution is 5.56. The molecule has 1 unspecified atom stereocenters. The maximum atomic E-state index is 14.4. The number of halogens is 1. The fourth-order valence-corrected chi connectivity index (χ4v) is 3.24. The fourth-order valence-electron chi connectivity index (χ4n) is 3.24. The second-order valence-corrected chi connectivity index (χ2v) is 5.94. The number of nitrogens with one attached hydrogen (secondary N) is 1. The molecule has 1 saturated carbocycles. The zero-order chi connectivity index (χ0) is 14.5. The monoisotopic (exact) mass is 278 g/mol. The molecule has 1 aliphatic rings. The van der Waals surface area contributed by atoms with Crippen LogP contribution in [-0.4, -0.2) is 20.1 Å². The van der Waals surface area contributed by atoms with Crippen LogP contribution in [0.5, 0.6) is 0 Å². The molecule has 0 spiro atoms. The summed E-state index contributed by atoms with van der Waals surface area (Å²) in [5.74, 6) is -0.101. The van der Waals surface area contributed by atoms with E-state index in [4.69, 9.17) is 0 Å². The van der Waals surface area contributed by atoms with Gasteiger partial charge in [0.05, 0.1) is 5.69 Å². The van der Waals surface area contributed by atoms with Crippen molar-refractivity contribution in [3.8, 4) is 0 Å². The van der Waals surface area contributed by atoms with Gasteiger partial charge in [0.2, 0.25) is 0 Å². The predicted molar refractivity (Wildman–Crippen MR) is 83.8 cm³/mol.